The number of amides is 2. The molecule has 0 aromatic heterocycles. The van der Waals surface area contributed by atoms with Gasteiger partial charge in [0.25, 0.3) is 0 Å². The fraction of sp³-hybridized carbons (Fsp3) is 0.833. The topological polar surface area (TPSA) is 83.6 Å². The van der Waals surface area contributed by atoms with Gasteiger partial charge in [0.15, 0.2) is 9.84 Å². The van der Waals surface area contributed by atoms with Gasteiger partial charge in [0, 0.05) is 12.3 Å². The Bertz CT molecular complexity index is 470. The fourth-order valence-corrected chi connectivity index (χ4v) is 3.65. The van der Waals surface area contributed by atoms with Gasteiger partial charge in [-0.3, -0.25) is 9.59 Å². The van der Waals surface area contributed by atoms with Crippen molar-refractivity contribution in [3.63, 3.8) is 0 Å². The monoisotopic (exact) mass is 288 g/mol. The van der Waals surface area contributed by atoms with Crippen molar-refractivity contribution in [1.82, 2.24) is 10.2 Å². The third kappa shape index (κ3) is 3.68. The van der Waals surface area contributed by atoms with Gasteiger partial charge in [0.05, 0.1) is 12.3 Å². The van der Waals surface area contributed by atoms with Crippen molar-refractivity contribution >= 4 is 21.7 Å². The van der Waals surface area contributed by atoms with Crippen LogP contribution in [0.5, 0.6) is 0 Å². The van der Waals surface area contributed by atoms with Crippen LogP contribution >= 0.6 is 0 Å². The van der Waals surface area contributed by atoms with Crippen LogP contribution in [0.1, 0.15) is 26.2 Å². The van der Waals surface area contributed by atoms with E-state index >= 15 is 0 Å². The molecule has 0 bridgehead atoms. The van der Waals surface area contributed by atoms with Crippen LogP contribution in [0.15, 0.2) is 0 Å². The Hall–Kier alpha value is -1.11. The summed E-state index contributed by atoms with van der Waals surface area (Å²) in [4.78, 5) is 25.1. The van der Waals surface area contributed by atoms with Gasteiger partial charge in [-0.1, -0.05) is 6.92 Å². The maximum Gasteiger partial charge on any atom is 0.245 e. The SMILES string of the molecule is CCCS(=O)(=O)CCN1CC(=O)NC(C2CC2)C1=O. The summed E-state index contributed by atoms with van der Waals surface area (Å²) in [5.74, 6) is -0.00506. The first-order valence-electron chi connectivity index (χ1n) is 6.71. The van der Waals surface area contributed by atoms with Crippen molar-refractivity contribution in [2.45, 2.75) is 32.2 Å². The highest BCUT2D eigenvalue weighted by molar-refractivity contribution is 7.91. The molecule has 7 heteroatoms. The van der Waals surface area contributed by atoms with E-state index in [-0.39, 0.29) is 42.3 Å². The Balaban J connectivity index is 1.95. The zero-order chi connectivity index (χ0) is 14.0. The van der Waals surface area contributed by atoms with E-state index in [4.69, 9.17) is 0 Å². The maximum atomic E-state index is 12.1. The second-order valence-corrected chi connectivity index (χ2v) is 7.60. The largest absolute Gasteiger partial charge is 0.342 e. The van der Waals surface area contributed by atoms with Crippen LogP contribution in [0.4, 0.5) is 0 Å². The summed E-state index contributed by atoms with van der Waals surface area (Å²) < 4.78 is 23.3. The average molecular weight is 288 g/mol. The van der Waals surface area contributed by atoms with Crippen LogP contribution in [0, 0.1) is 5.92 Å². The molecule has 1 atom stereocenters. The molecule has 0 spiro atoms. The number of nitrogens with zero attached hydrogens (tertiary/aromatic N) is 1. The lowest BCUT2D eigenvalue weighted by molar-refractivity contribution is -0.144. The van der Waals surface area contributed by atoms with E-state index in [2.05, 4.69) is 5.32 Å². The molecule has 0 aromatic carbocycles. The van der Waals surface area contributed by atoms with Crippen LogP contribution < -0.4 is 5.32 Å². The summed E-state index contributed by atoms with van der Waals surface area (Å²) in [7, 11) is -3.12. The van der Waals surface area contributed by atoms with E-state index in [0.717, 1.165) is 12.8 Å². The first-order chi connectivity index (χ1) is 8.93. The highest BCUT2D eigenvalue weighted by Crippen LogP contribution is 2.34. The molecular formula is C12H20N2O4S. The molecule has 1 saturated carbocycles. The predicted molar refractivity (Wildman–Crippen MR) is 70.2 cm³/mol. The second-order valence-electron chi connectivity index (χ2n) is 5.29. The minimum absolute atomic E-state index is 0.0241. The van der Waals surface area contributed by atoms with Gasteiger partial charge in [-0.2, -0.15) is 0 Å². The highest BCUT2D eigenvalue weighted by atomic mass is 32.2. The lowest BCUT2D eigenvalue weighted by atomic mass is 10.1. The highest BCUT2D eigenvalue weighted by Gasteiger charge is 2.42. The van der Waals surface area contributed by atoms with E-state index in [0.29, 0.717) is 6.42 Å². The summed E-state index contributed by atoms with van der Waals surface area (Å²) in [6.45, 7) is 1.90. The predicted octanol–water partition coefficient (Wildman–Crippen LogP) is -0.452. The van der Waals surface area contributed by atoms with Gasteiger partial charge in [-0.15, -0.1) is 0 Å². The van der Waals surface area contributed by atoms with E-state index in [1.54, 1.807) is 6.92 Å². The summed E-state index contributed by atoms with van der Waals surface area (Å²) in [5.41, 5.74) is 0. The summed E-state index contributed by atoms with van der Waals surface area (Å²) in [5, 5.41) is 2.70. The van der Waals surface area contributed by atoms with Gasteiger partial charge < -0.3 is 10.2 Å². The van der Waals surface area contributed by atoms with Crippen LogP contribution in [0.2, 0.25) is 0 Å². The summed E-state index contributed by atoms with van der Waals surface area (Å²) >= 11 is 0. The molecule has 1 heterocycles. The first kappa shape index (κ1) is 14.3. The molecule has 0 aromatic rings. The molecule has 1 aliphatic heterocycles. The fourth-order valence-electron chi connectivity index (χ4n) is 2.33. The molecule has 2 amide bonds. The standard InChI is InChI=1S/C12H20N2O4S/c1-2-6-19(17,18)7-5-14-8-10(15)13-11(12(14)16)9-3-4-9/h9,11H,2-8H2,1H3,(H,13,15). The molecule has 1 aliphatic carbocycles. The lowest BCUT2D eigenvalue weighted by Gasteiger charge is -2.32. The second kappa shape index (κ2) is 5.48. The Labute approximate surface area is 113 Å². The minimum atomic E-state index is -3.12. The molecule has 19 heavy (non-hydrogen) atoms. The zero-order valence-corrected chi connectivity index (χ0v) is 11.9. The van der Waals surface area contributed by atoms with Gasteiger partial charge in [-0.05, 0) is 25.2 Å². The van der Waals surface area contributed by atoms with Crippen molar-refractivity contribution in [2.75, 3.05) is 24.6 Å². The lowest BCUT2D eigenvalue weighted by Crippen LogP contribution is -2.59. The molecule has 108 valence electrons. The number of carbonyl (C=O) groups is 2. The number of hydrogen-bond acceptors (Lipinski definition) is 4. The van der Waals surface area contributed by atoms with Crippen molar-refractivity contribution in [3.05, 3.63) is 0 Å². The summed E-state index contributed by atoms with van der Waals surface area (Å²) in [6.07, 6.45) is 2.48. The quantitative estimate of drug-likeness (QED) is 0.717. The van der Waals surface area contributed by atoms with E-state index in [9.17, 15) is 18.0 Å². The van der Waals surface area contributed by atoms with Gasteiger partial charge in [0.1, 0.15) is 6.04 Å². The van der Waals surface area contributed by atoms with Crippen molar-refractivity contribution in [1.29, 1.82) is 0 Å². The van der Waals surface area contributed by atoms with E-state index < -0.39 is 15.9 Å². The van der Waals surface area contributed by atoms with Crippen molar-refractivity contribution in [2.24, 2.45) is 5.92 Å². The van der Waals surface area contributed by atoms with Crippen LogP contribution in [-0.2, 0) is 19.4 Å². The Morgan fingerprint density at radius 3 is 2.53 bits per heavy atom. The number of carbonyl (C=O) groups excluding carboxylic acids is 2. The number of piperazine rings is 1. The molecular weight excluding hydrogens is 268 g/mol. The van der Waals surface area contributed by atoms with Gasteiger partial charge in [0.2, 0.25) is 11.8 Å². The van der Waals surface area contributed by atoms with Gasteiger partial charge in [-0.25, -0.2) is 8.42 Å². The number of hydrogen-bond donors (Lipinski definition) is 1. The molecule has 1 N–H and O–H groups in total. The molecule has 2 rings (SSSR count). The first-order valence-corrected chi connectivity index (χ1v) is 8.53. The maximum absolute atomic E-state index is 12.1. The molecule has 6 nitrogen and oxygen atoms in total. The Kier molecular flexibility index (Phi) is 4.13. The number of sulfone groups is 1. The zero-order valence-electron chi connectivity index (χ0n) is 11.1. The van der Waals surface area contributed by atoms with Crippen molar-refractivity contribution < 1.29 is 18.0 Å². The van der Waals surface area contributed by atoms with Crippen LogP contribution in [0.25, 0.3) is 0 Å². The molecule has 1 saturated heterocycles. The average Bonchev–Trinajstić information content (AvgIpc) is 3.14. The number of nitrogens with one attached hydrogen (secondary N) is 1. The Morgan fingerprint density at radius 1 is 1.26 bits per heavy atom. The molecule has 2 aliphatic rings. The third-order valence-electron chi connectivity index (χ3n) is 3.51. The Morgan fingerprint density at radius 2 is 1.95 bits per heavy atom. The van der Waals surface area contributed by atoms with E-state index in [1.807, 2.05) is 0 Å². The van der Waals surface area contributed by atoms with E-state index in [1.165, 1.54) is 4.90 Å². The number of rotatable bonds is 6. The smallest absolute Gasteiger partial charge is 0.245 e. The van der Waals surface area contributed by atoms with Crippen LogP contribution in [0.3, 0.4) is 0 Å². The third-order valence-corrected chi connectivity index (χ3v) is 5.34. The van der Waals surface area contributed by atoms with Crippen LogP contribution in [-0.4, -0.2) is 55.8 Å². The normalized spacial score (nSPS) is 24.5. The molecule has 2 fully saturated rings. The molecule has 1 unspecified atom stereocenters. The summed E-state index contributed by atoms with van der Waals surface area (Å²) in [6, 6.07) is -0.435. The molecule has 0 radical (unpaired) electrons. The minimum Gasteiger partial charge on any atom is -0.342 e. The van der Waals surface area contributed by atoms with Gasteiger partial charge >= 0.3 is 0 Å². The van der Waals surface area contributed by atoms with Crippen molar-refractivity contribution in [3.8, 4) is 0 Å².